The molecule has 34 heavy (non-hydrogen) atoms. The minimum absolute atomic E-state index is 0.0956. The molecule has 3 aromatic rings. The number of allylic oxidation sites excluding steroid dienone is 1. The van der Waals surface area contributed by atoms with Gasteiger partial charge in [0.25, 0.3) is 5.56 Å². The van der Waals surface area contributed by atoms with Crippen LogP contribution in [-0.2, 0) is 9.53 Å². The molecule has 0 fully saturated rings. The molecule has 0 radical (unpaired) electrons. The zero-order chi connectivity index (χ0) is 24.2. The number of nitrogens with zero attached hydrogens (tertiary/aromatic N) is 3. The zero-order valence-corrected chi connectivity index (χ0v) is 19.9. The molecule has 2 heterocycles. The summed E-state index contributed by atoms with van der Waals surface area (Å²) in [4.78, 5) is 31.6. The van der Waals surface area contributed by atoms with Gasteiger partial charge in [-0.15, -0.1) is 0 Å². The molecule has 2 aromatic carbocycles. The van der Waals surface area contributed by atoms with Gasteiger partial charge in [0.1, 0.15) is 11.8 Å². The van der Waals surface area contributed by atoms with Gasteiger partial charge in [-0.2, -0.15) is 5.26 Å². The van der Waals surface area contributed by atoms with Crippen molar-refractivity contribution in [1.29, 1.82) is 5.26 Å². The summed E-state index contributed by atoms with van der Waals surface area (Å²) in [6.45, 7) is 5.61. The second-order valence-corrected chi connectivity index (χ2v) is 8.71. The number of carbonyl (C=O) groups is 1. The number of ether oxygens (including phenoxy) is 2. The second kappa shape index (κ2) is 9.89. The van der Waals surface area contributed by atoms with Gasteiger partial charge in [0, 0.05) is 5.56 Å². The van der Waals surface area contributed by atoms with Gasteiger partial charge < -0.3 is 9.47 Å². The zero-order valence-electron chi connectivity index (χ0n) is 19.1. The lowest BCUT2D eigenvalue weighted by atomic mass is 9.95. The molecule has 4 rings (SSSR count). The first-order valence-corrected chi connectivity index (χ1v) is 11.6. The van der Waals surface area contributed by atoms with E-state index >= 15 is 0 Å². The summed E-state index contributed by atoms with van der Waals surface area (Å²) < 4.78 is 12.8. The molecule has 7 nitrogen and oxygen atoms in total. The Bertz CT molecular complexity index is 1490. The van der Waals surface area contributed by atoms with E-state index in [2.05, 4.69) is 4.99 Å². The van der Waals surface area contributed by atoms with E-state index in [1.54, 1.807) is 36.6 Å². The van der Waals surface area contributed by atoms with E-state index in [1.807, 2.05) is 49.4 Å². The number of rotatable bonds is 6. The highest BCUT2D eigenvalue weighted by molar-refractivity contribution is 7.07. The molecule has 0 saturated carbocycles. The van der Waals surface area contributed by atoms with E-state index in [0.717, 1.165) is 11.1 Å². The number of esters is 1. The van der Waals surface area contributed by atoms with Crippen molar-refractivity contribution in [2.75, 3.05) is 13.2 Å². The smallest absolute Gasteiger partial charge is 0.338 e. The Morgan fingerprint density at radius 2 is 1.94 bits per heavy atom. The predicted molar refractivity (Wildman–Crippen MR) is 129 cm³/mol. The molecule has 8 heteroatoms. The van der Waals surface area contributed by atoms with Crippen molar-refractivity contribution in [2.45, 2.75) is 26.8 Å². The molecule has 0 N–H and O–H groups in total. The molecule has 1 aromatic heterocycles. The van der Waals surface area contributed by atoms with Gasteiger partial charge in [-0.05, 0) is 38.5 Å². The molecule has 0 unspecified atom stereocenters. The molecule has 1 aliphatic rings. The minimum atomic E-state index is -0.650. The van der Waals surface area contributed by atoms with Crippen LogP contribution in [0.2, 0.25) is 0 Å². The normalized spacial score (nSPS) is 15.4. The molecule has 0 spiro atoms. The van der Waals surface area contributed by atoms with E-state index < -0.39 is 12.0 Å². The maximum atomic E-state index is 13.6. The molecule has 1 atom stereocenters. The fourth-order valence-corrected chi connectivity index (χ4v) is 4.88. The van der Waals surface area contributed by atoms with Crippen molar-refractivity contribution in [3.8, 4) is 11.8 Å². The third-order valence-corrected chi connectivity index (χ3v) is 6.39. The number of fused-ring (bicyclic) bond motifs is 1. The lowest BCUT2D eigenvalue weighted by Crippen LogP contribution is -2.39. The van der Waals surface area contributed by atoms with Crippen LogP contribution in [-0.4, -0.2) is 23.8 Å². The van der Waals surface area contributed by atoms with Crippen LogP contribution in [0.5, 0.6) is 5.75 Å². The topological polar surface area (TPSA) is 93.7 Å². The molecule has 0 saturated heterocycles. The molecule has 0 bridgehead atoms. The van der Waals surface area contributed by atoms with Crippen LogP contribution in [0.3, 0.4) is 0 Å². The van der Waals surface area contributed by atoms with E-state index in [4.69, 9.17) is 14.7 Å². The summed E-state index contributed by atoms with van der Waals surface area (Å²) in [5.74, 6) is 0.0206. The summed E-state index contributed by atoms with van der Waals surface area (Å²) >= 11 is 1.24. The fraction of sp³-hybridized carbons (Fsp3) is 0.231. The van der Waals surface area contributed by atoms with Crippen molar-refractivity contribution in [3.63, 3.8) is 0 Å². The quantitative estimate of drug-likeness (QED) is 0.513. The molecule has 0 aliphatic carbocycles. The second-order valence-electron chi connectivity index (χ2n) is 7.70. The van der Waals surface area contributed by atoms with Crippen LogP contribution < -0.4 is 19.6 Å². The number of hydrogen-bond acceptors (Lipinski definition) is 7. The van der Waals surface area contributed by atoms with E-state index in [1.165, 1.54) is 11.3 Å². The highest BCUT2D eigenvalue weighted by Crippen LogP contribution is 2.30. The van der Waals surface area contributed by atoms with E-state index in [-0.39, 0.29) is 18.8 Å². The largest absolute Gasteiger partial charge is 0.478 e. The average molecular weight is 474 g/mol. The van der Waals surface area contributed by atoms with Crippen LogP contribution >= 0.6 is 11.3 Å². The molecular weight excluding hydrogens is 450 g/mol. The molecule has 0 amide bonds. The van der Waals surface area contributed by atoms with Crippen molar-refractivity contribution in [1.82, 2.24) is 4.57 Å². The number of aromatic nitrogens is 1. The van der Waals surface area contributed by atoms with Gasteiger partial charge in [0.2, 0.25) is 0 Å². The standard InChI is InChI=1S/C26H23N3O4S/c1-4-32-25(31)22-17(3)28-26-29(23(22)18-11-9-16(2)10-12-18)24(30)21(34-26)15-19-7-5-6-8-20(19)33-14-13-27/h5-12,15,23H,4,14H2,1-3H3/b21-15-/t23-/m1/s1. The summed E-state index contributed by atoms with van der Waals surface area (Å²) in [5.41, 5.74) is 3.16. The van der Waals surface area contributed by atoms with Crippen molar-refractivity contribution >= 4 is 23.4 Å². The van der Waals surface area contributed by atoms with E-state index in [9.17, 15) is 9.59 Å². The van der Waals surface area contributed by atoms with Gasteiger partial charge >= 0.3 is 5.97 Å². The summed E-state index contributed by atoms with van der Waals surface area (Å²) in [6.07, 6.45) is 1.73. The van der Waals surface area contributed by atoms with Crippen LogP contribution in [0.4, 0.5) is 0 Å². The van der Waals surface area contributed by atoms with Gasteiger partial charge in [0.15, 0.2) is 11.4 Å². The van der Waals surface area contributed by atoms with Crippen LogP contribution in [0, 0.1) is 18.3 Å². The predicted octanol–water partition coefficient (Wildman–Crippen LogP) is 3.01. The molecular formula is C26H23N3O4S. The van der Waals surface area contributed by atoms with Gasteiger partial charge in [-0.1, -0.05) is 59.4 Å². The highest BCUT2D eigenvalue weighted by Gasteiger charge is 2.33. The number of nitriles is 1. The van der Waals surface area contributed by atoms with Crippen LogP contribution in [0.25, 0.3) is 6.08 Å². The van der Waals surface area contributed by atoms with Gasteiger partial charge in [-0.3, -0.25) is 9.36 Å². The number of benzene rings is 2. The summed E-state index contributed by atoms with van der Waals surface area (Å²) in [5, 5.41) is 8.86. The monoisotopic (exact) mass is 473 g/mol. The maximum absolute atomic E-state index is 13.6. The Hall–Kier alpha value is -3.96. The van der Waals surface area contributed by atoms with Crippen molar-refractivity contribution < 1.29 is 14.3 Å². The maximum Gasteiger partial charge on any atom is 0.338 e. The van der Waals surface area contributed by atoms with Crippen LogP contribution in [0.1, 0.15) is 36.6 Å². The Morgan fingerprint density at radius 1 is 1.21 bits per heavy atom. The van der Waals surface area contributed by atoms with Crippen LogP contribution in [0.15, 0.2) is 69.6 Å². The Kier molecular flexibility index (Phi) is 6.75. The van der Waals surface area contributed by atoms with Crippen molar-refractivity contribution in [3.05, 3.63) is 96.2 Å². The Labute approximate surface area is 200 Å². The molecule has 172 valence electrons. The number of thiazole rings is 1. The summed E-state index contributed by atoms with van der Waals surface area (Å²) in [7, 11) is 0. The first-order chi connectivity index (χ1) is 16.4. The third kappa shape index (κ3) is 4.43. The van der Waals surface area contributed by atoms with Crippen molar-refractivity contribution in [2.24, 2.45) is 4.99 Å². The summed E-state index contributed by atoms with van der Waals surface area (Å²) in [6, 6.07) is 16.2. The lowest BCUT2D eigenvalue weighted by Gasteiger charge is -2.24. The first kappa shape index (κ1) is 23.2. The number of aryl methyl sites for hydroxylation is 1. The number of hydrogen-bond donors (Lipinski definition) is 0. The highest BCUT2D eigenvalue weighted by atomic mass is 32.1. The van der Waals surface area contributed by atoms with E-state index in [0.29, 0.717) is 31.9 Å². The Morgan fingerprint density at radius 3 is 2.65 bits per heavy atom. The first-order valence-electron chi connectivity index (χ1n) is 10.8. The minimum Gasteiger partial charge on any atom is -0.478 e. The van der Waals surface area contributed by atoms with Gasteiger partial charge in [-0.25, -0.2) is 9.79 Å². The Balaban J connectivity index is 1.93. The number of para-hydroxylation sites is 1. The lowest BCUT2D eigenvalue weighted by molar-refractivity contribution is -0.139. The fourth-order valence-electron chi connectivity index (χ4n) is 3.84. The van der Waals surface area contributed by atoms with Gasteiger partial charge in [0.05, 0.1) is 28.5 Å². The number of carbonyl (C=O) groups excluding carboxylic acids is 1. The average Bonchev–Trinajstić information content (AvgIpc) is 3.12. The molecule has 1 aliphatic heterocycles. The SMILES string of the molecule is CCOC(=O)C1=C(C)N=c2s/c(=C\c3ccccc3OCC#N)c(=O)n2[C@@H]1c1ccc(C)cc1. The third-order valence-electron chi connectivity index (χ3n) is 5.41.